The molecule has 9 N–H and O–H groups in total. The van der Waals surface area contributed by atoms with Crippen LogP contribution >= 0.6 is 0 Å². The van der Waals surface area contributed by atoms with Gasteiger partial charge in [-0.2, -0.15) is 0 Å². The summed E-state index contributed by atoms with van der Waals surface area (Å²) >= 11 is 0. The second kappa shape index (κ2) is 7.89. The molecule has 0 saturated heterocycles. The van der Waals surface area contributed by atoms with Crippen molar-refractivity contribution in [1.29, 1.82) is 0 Å². The Balaban J connectivity index is 0. The van der Waals surface area contributed by atoms with E-state index in [9.17, 15) is 30.0 Å². The lowest BCUT2D eigenvalue weighted by molar-refractivity contribution is -0.363. The number of hydrogen-bond donors (Lipinski definition) is 6. The SMILES string of the molecule is C=C(C)C(=O)O[C@](O)(C(=O)[O-])[C@@H](O)[C@H](O)[C@H](O)CO.[NH4+]. The van der Waals surface area contributed by atoms with Gasteiger partial charge in [-0.3, -0.25) is 0 Å². The Bertz CT molecular complexity index is 372. The molecule has 0 heterocycles. The Morgan fingerprint density at radius 1 is 1.35 bits per heavy atom. The summed E-state index contributed by atoms with van der Waals surface area (Å²) in [5, 5.41) is 56.6. The third-order valence-corrected chi connectivity index (χ3v) is 2.19. The van der Waals surface area contributed by atoms with E-state index in [0.717, 1.165) is 6.92 Å². The number of carbonyl (C=O) groups excluding carboxylic acids is 2. The van der Waals surface area contributed by atoms with Crippen molar-refractivity contribution in [2.45, 2.75) is 31.0 Å². The van der Waals surface area contributed by atoms with Gasteiger partial charge in [0.2, 0.25) is 0 Å². The molecular weight excluding hydrogens is 278 g/mol. The fraction of sp³-hybridized carbons (Fsp3) is 0.600. The molecule has 0 aromatic rings. The summed E-state index contributed by atoms with van der Waals surface area (Å²) in [6.07, 6.45) is -6.92. The number of rotatable bonds is 7. The first-order chi connectivity index (χ1) is 8.57. The fourth-order valence-corrected chi connectivity index (χ4v) is 1.00. The maximum absolute atomic E-state index is 11.2. The summed E-state index contributed by atoms with van der Waals surface area (Å²) in [5.41, 5.74) is -0.288. The third kappa shape index (κ3) is 4.52. The molecule has 0 aliphatic carbocycles. The van der Waals surface area contributed by atoms with Crippen molar-refractivity contribution in [2.75, 3.05) is 6.61 Å². The maximum Gasteiger partial charge on any atom is 0.336 e. The van der Waals surface area contributed by atoms with Gasteiger partial charge in [0, 0.05) is 5.57 Å². The average Bonchev–Trinajstić information content (AvgIpc) is 2.35. The number of quaternary nitrogens is 1. The van der Waals surface area contributed by atoms with E-state index in [1.54, 1.807) is 0 Å². The minimum absolute atomic E-state index is 0. The summed E-state index contributed by atoms with van der Waals surface area (Å²) in [7, 11) is 0. The van der Waals surface area contributed by atoms with Crippen LogP contribution in [0.25, 0.3) is 0 Å². The van der Waals surface area contributed by atoms with Gasteiger partial charge in [0.1, 0.15) is 18.2 Å². The normalized spacial score (nSPS) is 17.9. The van der Waals surface area contributed by atoms with Crippen molar-refractivity contribution in [3.05, 3.63) is 12.2 Å². The van der Waals surface area contributed by atoms with E-state index in [4.69, 9.17) is 10.2 Å². The molecule has 0 radical (unpaired) electrons. The van der Waals surface area contributed by atoms with Gasteiger partial charge in [-0.1, -0.05) is 6.58 Å². The van der Waals surface area contributed by atoms with Crippen LogP contribution in [0.3, 0.4) is 0 Å². The lowest BCUT2D eigenvalue weighted by Gasteiger charge is -2.36. The predicted molar refractivity (Wildman–Crippen MR) is 62.0 cm³/mol. The van der Waals surface area contributed by atoms with E-state index in [1.165, 1.54) is 0 Å². The Hall–Kier alpha value is -1.56. The minimum Gasteiger partial charge on any atom is -0.543 e. The number of esters is 1. The van der Waals surface area contributed by atoms with E-state index >= 15 is 0 Å². The number of ether oxygens (including phenoxy) is 1. The zero-order valence-corrected chi connectivity index (χ0v) is 11.0. The number of aliphatic hydroxyl groups is 5. The van der Waals surface area contributed by atoms with Crippen molar-refractivity contribution < 1.29 is 45.0 Å². The summed E-state index contributed by atoms with van der Waals surface area (Å²) < 4.78 is 4.09. The number of aliphatic hydroxyl groups excluding tert-OH is 4. The lowest BCUT2D eigenvalue weighted by atomic mass is 10.00. The zero-order valence-electron chi connectivity index (χ0n) is 11.0. The van der Waals surface area contributed by atoms with Gasteiger partial charge in [-0.25, -0.2) is 4.79 Å². The first kappa shape index (κ1) is 20.8. The monoisotopic (exact) mass is 297 g/mol. The number of hydrogen-bond acceptors (Lipinski definition) is 9. The molecule has 10 nitrogen and oxygen atoms in total. The van der Waals surface area contributed by atoms with E-state index in [1.807, 2.05) is 0 Å². The highest BCUT2D eigenvalue weighted by Gasteiger charge is 2.47. The van der Waals surface area contributed by atoms with Gasteiger partial charge in [0.15, 0.2) is 6.10 Å². The fourth-order valence-electron chi connectivity index (χ4n) is 1.00. The molecule has 0 unspecified atom stereocenters. The highest BCUT2D eigenvalue weighted by molar-refractivity contribution is 5.89. The van der Waals surface area contributed by atoms with E-state index in [0.29, 0.717) is 0 Å². The molecule has 4 atom stereocenters. The number of carbonyl (C=O) groups is 2. The molecule has 0 spiro atoms. The Kier molecular flexibility index (Phi) is 8.19. The van der Waals surface area contributed by atoms with Gasteiger partial charge in [0.05, 0.1) is 6.61 Å². The van der Waals surface area contributed by atoms with Gasteiger partial charge in [-0.15, -0.1) is 0 Å². The zero-order chi connectivity index (χ0) is 15.4. The highest BCUT2D eigenvalue weighted by atomic mass is 16.7. The molecule has 10 heteroatoms. The molecule has 0 bridgehead atoms. The highest BCUT2D eigenvalue weighted by Crippen LogP contribution is 2.19. The summed E-state index contributed by atoms with van der Waals surface area (Å²) in [6, 6.07) is 0. The quantitative estimate of drug-likeness (QED) is 0.153. The number of aliphatic carboxylic acids is 1. The summed E-state index contributed by atoms with van der Waals surface area (Å²) in [6.45, 7) is 3.23. The molecule has 0 saturated carbocycles. The number of carboxylic acids is 1. The van der Waals surface area contributed by atoms with E-state index < -0.39 is 42.6 Å². The molecular formula is C10H19NO9. The molecule has 0 amide bonds. The van der Waals surface area contributed by atoms with E-state index in [-0.39, 0.29) is 11.7 Å². The molecule has 0 aliphatic heterocycles. The molecule has 0 aliphatic rings. The van der Waals surface area contributed by atoms with Gasteiger partial charge >= 0.3 is 5.97 Å². The smallest absolute Gasteiger partial charge is 0.336 e. The number of carboxylic acid groups (broad SMARTS) is 1. The molecule has 0 rings (SSSR count). The van der Waals surface area contributed by atoms with E-state index in [2.05, 4.69) is 11.3 Å². The van der Waals surface area contributed by atoms with Crippen LogP contribution in [0.1, 0.15) is 6.92 Å². The van der Waals surface area contributed by atoms with Crippen LogP contribution < -0.4 is 11.3 Å². The molecule has 0 fully saturated rings. The molecule has 20 heavy (non-hydrogen) atoms. The maximum atomic E-state index is 11.2. The van der Waals surface area contributed by atoms with Gasteiger partial charge < -0.3 is 46.3 Å². The van der Waals surface area contributed by atoms with Crippen molar-refractivity contribution in [3.8, 4) is 0 Å². The van der Waals surface area contributed by atoms with Crippen LogP contribution in [0, 0.1) is 0 Å². The van der Waals surface area contributed by atoms with Crippen molar-refractivity contribution in [3.63, 3.8) is 0 Å². The first-order valence-electron chi connectivity index (χ1n) is 5.05. The molecule has 0 aromatic heterocycles. The second-order valence-electron chi connectivity index (χ2n) is 3.84. The van der Waals surface area contributed by atoms with Crippen molar-refractivity contribution in [1.82, 2.24) is 6.15 Å². The van der Waals surface area contributed by atoms with Crippen LogP contribution in [0.15, 0.2) is 12.2 Å². The van der Waals surface area contributed by atoms with Crippen LogP contribution in [-0.2, 0) is 14.3 Å². The van der Waals surface area contributed by atoms with Crippen LogP contribution in [0.5, 0.6) is 0 Å². The average molecular weight is 297 g/mol. The second-order valence-corrected chi connectivity index (χ2v) is 3.84. The van der Waals surface area contributed by atoms with Gasteiger partial charge in [-0.05, 0) is 6.92 Å². The molecule has 0 aromatic carbocycles. The topological polar surface area (TPSA) is 204 Å². The Morgan fingerprint density at radius 2 is 1.80 bits per heavy atom. The Labute approximate surface area is 114 Å². The minimum atomic E-state index is -3.61. The summed E-state index contributed by atoms with van der Waals surface area (Å²) in [5.74, 6) is -7.39. The standard InChI is InChI=1S/C10H16O9.H3N/c1-4(2)8(15)19-10(18,9(16)17)7(14)6(13)5(12)3-11;/h5-7,11-14,18H,1,3H2,2H3,(H,16,17);1H3/t5-,6-,7+,10+;/m1./s1. The van der Waals surface area contributed by atoms with Crippen molar-refractivity contribution in [2.24, 2.45) is 0 Å². The molecule has 118 valence electrons. The van der Waals surface area contributed by atoms with Crippen molar-refractivity contribution >= 4 is 11.9 Å². The van der Waals surface area contributed by atoms with Crippen LogP contribution in [0.4, 0.5) is 0 Å². The lowest BCUT2D eigenvalue weighted by Crippen LogP contribution is -2.64. The third-order valence-electron chi connectivity index (χ3n) is 2.19. The first-order valence-corrected chi connectivity index (χ1v) is 5.05. The van der Waals surface area contributed by atoms with Crippen LogP contribution in [-0.4, -0.2) is 68.2 Å². The van der Waals surface area contributed by atoms with Gasteiger partial charge in [0.25, 0.3) is 5.79 Å². The largest absolute Gasteiger partial charge is 0.543 e. The van der Waals surface area contributed by atoms with Crippen LogP contribution in [0.2, 0.25) is 0 Å². The predicted octanol–water partition coefficient (Wildman–Crippen LogP) is -4.00. The summed E-state index contributed by atoms with van der Waals surface area (Å²) in [4.78, 5) is 21.9. The Morgan fingerprint density at radius 3 is 2.10 bits per heavy atom.